The minimum Gasteiger partial charge on any atom is -0.480 e. The minimum atomic E-state index is -1.04. The first-order chi connectivity index (χ1) is 9.44. The molecular weight excluding hydrogens is 333 g/mol. The van der Waals surface area contributed by atoms with Crippen molar-refractivity contribution < 1.29 is 19.1 Å². The predicted molar refractivity (Wildman–Crippen MR) is 71.9 cm³/mol. The second-order valence-electron chi connectivity index (χ2n) is 3.93. The van der Waals surface area contributed by atoms with E-state index < -0.39 is 17.7 Å². The van der Waals surface area contributed by atoms with Crippen molar-refractivity contribution in [2.24, 2.45) is 0 Å². The monoisotopic (exact) mass is 341 g/mol. The normalized spacial score (nSPS) is 10.3. The highest BCUT2D eigenvalue weighted by Crippen LogP contribution is 2.16. The zero-order chi connectivity index (χ0) is 14.7. The zero-order valence-electron chi connectivity index (χ0n) is 10.0. The lowest BCUT2D eigenvalue weighted by atomic mass is 10.2. The number of rotatable bonds is 4. The van der Waals surface area contributed by atoms with Crippen LogP contribution in [0.25, 0.3) is 0 Å². The molecule has 0 bridgehead atoms. The number of carbonyl (C=O) groups is 2. The van der Waals surface area contributed by atoms with Gasteiger partial charge >= 0.3 is 5.97 Å². The molecule has 20 heavy (non-hydrogen) atoms. The fourth-order valence-electron chi connectivity index (χ4n) is 1.54. The molecule has 0 aliphatic heterocycles. The average Bonchev–Trinajstić information content (AvgIpc) is 2.74. The van der Waals surface area contributed by atoms with E-state index in [-0.39, 0.29) is 12.1 Å². The first-order valence-electron chi connectivity index (χ1n) is 5.46. The Morgan fingerprint density at radius 3 is 2.80 bits per heavy atom. The summed E-state index contributed by atoms with van der Waals surface area (Å²) in [6, 6.07) is 3.81. The predicted octanol–water partition coefficient (Wildman–Crippen LogP) is 2.12. The fraction of sp³-hybridized carbons (Fsp3) is 0.0833. The van der Waals surface area contributed by atoms with Crippen LogP contribution in [0.15, 0.2) is 35.1 Å². The molecule has 0 spiro atoms. The van der Waals surface area contributed by atoms with Gasteiger partial charge in [0.15, 0.2) is 0 Å². The maximum absolute atomic E-state index is 13.2. The lowest BCUT2D eigenvalue weighted by molar-refractivity contribution is -0.137. The van der Waals surface area contributed by atoms with E-state index in [0.29, 0.717) is 10.2 Å². The zero-order valence-corrected chi connectivity index (χ0v) is 11.6. The smallest absolute Gasteiger partial charge is 0.325 e. The summed E-state index contributed by atoms with van der Waals surface area (Å²) in [5, 5.41) is 14.9. The van der Waals surface area contributed by atoms with E-state index >= 15 is 0 Å². The molecule has 104 valence electrons. The van der Waals surface area contributed by atoms with Crippen LogP contribution in [0, 0.1) is 5.82 Å². The number of aliphatic carboxylic acids is 1. The van der Waals surface area contributed by atoms with Gasteiger partial charge in [0.1, 0.15) is 12.4 Å². The van der Waals surface area contributed by atoms with Crippen molar-refractivity contribution in [3.05, 3.63) is 46.4 Å². The van der Waals surface area contributed by atoms with Gasteiger partial charge in [-0.25, -0.2) is 4.39 Å². The summed E-state index contributed by atoms with van der Waals surface area (Å²) < 4.78 is 14.8. The lowest BCUT2D eigenvalue weighted by Crippen LogP contribution is -2.12. The molecule has 0 atom stereocenters. The molecule has 1 aromatic heterocycles. The number of carboxylic acid groups (broad SMARTS) is 1. The van der Waals surface area contributed by atoms with Gasteiger partial charge < -0.3 is 10.4 Å². The van der Waals surface area contributed by atoms with Crippen LogP contribution in [-0.2, 0) is 11.3 Å². The van der Waals surface area contributed by atoms with Crippen LogP contribution in [0.1, 0.15) is 10.4 Å². The second kappa shape index (κ2) is 5.83. The van der Waals surface area contributed by atoms with Gasteiger partial charge in [-0.3, -0.25) is 14.3 Å². The summed E-state index contributed by atoms with van der Waals surface area (Å²) in [7, 11) is 0. The SMILES string of the molecule is O=C(O)Cn1cc(NC(=O)c2cc(F)cc(Br)c2)cn1. The Kier molecular flexibility index (Phi) is 4.14. The Bertz CT molecular complexity index is 651. The Balaban J connectivity index is 2.11. The van der Waals surface area contributed by atoms with E-state index in [1.807, 2.05) is 0 Å². The molecule has 6 nitrogen and oxygen atoms in total. The van der Waals surface area contributed by atoms with Crippen LogP contribution in [0.5, 0.6) is 0 Å². The molecular formula is C12H9BrFN3O3. The first kappa shape index (κ1) is 14.2. The van der Waals surface area contributed by atoms with Gasteiger partial charge in [0, 0.05) is 16.2 Å². The Morgan fingerprint density at radius 2 is 2.15 bits per heavy atom. The third-order valence-corrected chi connectivity index (χ3v) is 2.77. The highest BCUT2D eigenvalue weighted by molar-refractivity contribution is 9.10. The van der Waals surface area contributed by atoms with Crippen molar-refractivity contribution in [3.8, 4) is 0 Å². The molecule has 2 aromatic rings. The summed E-state index contributed by atoms with van der Waals surface area (Å²) in [5.74, 6) is -2.09. The van der Waals surface area contributed by atoms with E-state index in [1.54, 1.807) is 0 Å². The number of halogens is 2. The van der Waals surface area contributed by atoms with Crippen LogP contribution >= 0.6 is 15.9 Å². The maximum Gasteiger partial charge on any atom is 0.325 e. The third kappa shape index (κ3) is 3.64. The molecule has 0 radical (unpaired) electrons. The standard InChI is InChI=1S/C12H9BrFN3O3/c13-8-1-7(2-9(14)3-8)12(20)16-10-4-15-17(5-10)6-11(18)19/h1-5H,6H2,(H,16,20)(H,18,19). The third-order valence-electron chi connectivity index (χ3n) is 2.31. The largest absolute Gasteiger partial charge is 0.480 e. The molecule has 0 saturated heterocycles. The number of nitrogens with zero attached hydrogens (tertiary/aromatic N) is 2. The quantitative estimate of drug-likeness (QED) is 0.892. The van der Waals surface area contributed by atoms with Crippen LogP contribution in [-0.4, -0.2) is 26.8 Å². The summed E-state index contributed by atoms with van der Waals surface area (Å²) in [6.07, 6.45) is 2.69. The van der Waals surface area contributed by atoms with Crippen molar-refractivity contribution in [3.63, 3.8) is 0 Å². The first-order valence-corrected chi connectivity index (χ1v) is 6.25. The van der Waals surface area contributed by atoms with Crippen LogP contribution in [0.3, 0.4) is 0 Å². The number of hydrogen-bond acceptors (Lipinski definition) is 3. The van der Waals surface area contributed by atoms with Gasteiger partial charge in [-0.15, -0.1) is 0 Å². The highest BCUT2D eigenvalue weighted by Gasteiger charge is 2.10. The van der Waals surface area contributed by atoms with Crippen LogP contribution in [0.4, 0.5) is 10.1 Å². The van der Waals surface area contributed by atoms with Gasteiger partial charge in [0.05, 0.1) is 11.9 Å². The lowest BCUT2D eigenvalue weighted by Gasteiger charge is -2.03. The van der Waals surface area contributed by atoms with Gasteiger partial charge in [0.2, 0.25) is 0 Å². The van der Waals surface area contributed by atoms with Gasteiger partial charge in [0.25, 0.3) is 5.91 Å². The molecule has 1 aromatic carbocycles. The van der Waals surface area contributed by atoms with E-state index in [9.17, 15) is 14.0 Å². The number of carbonyl (C=O) groups excluding carboxylic acids is 1. The Morgan fingerprint density at radius 1 is 1.40 bits per heavy atom. The minimum absolute atomic E-state index is 0.142. The molecule has 0 fully saturated rings. The summed E-state index contributed by atoms with van der Waals surface area (Å²) in [5.41, 5.74) is 0.472. The summed E-state index contributed by atoms with van der Waals surface area (Å²) >= 11 is 3.10. The second-order valence-corrected chi connectivity index (χ2v) is 4.85. The van der Waals surface area contributed by atoms with Crippen LogP contribution in [0.2, 0.25) is 0 Å². The van der Waals surface area contributed by atoms with Crippen molar-refractivity contribution in [2.75, 3.05) is 5.32 Å². The topological polar surface area (TPSA) is 84.2 Å². The molecule has 1 amide bonds. The average molecular weight is 342 g/mol. The van der Waals surface area contributed by atoms with Crippen LogP contribution < -0.4 is 5.32 Å². The summed E-state index contributed by atoms with van der Waals surface area (Å²) in [6.45, 7) is -0.304. The van der Waals surface area contributed by atoms with Crippen molar-refractivity contribution in [1.29, 1.82) is 0 Å². The molecule has 0 aliphatic rings. The van der Waals surface area contributed by atoms with Crippen molar-refractivity contribution in [1.82, 2.24) is 9.78 Å². The summed E-state index contributed by atoms with van der Waals surface area (Å²) in [4.78, 5) is 22.4. The van der Waals surface area contributed by atoms with Gasteiger partial charge in [-0.1, -0.05) is 15.9 Å². The number of amides is 1. The van der Waals surface area contributed by atoms with E-state index in [4.69, 9.17) is 5.11 Å². The molecule has 0 unspecified atom stereocenters. The molecule has 0 saturated carbocycles. The number of carboxylic acids is 1. The number of nitrogens with one attached hydrogen (secondary N) is 1. The van der Waals surface area contributed by atoms with Gasteiger partial charge in [-0.05, 0) is 18.2 Å². The maximum atomic E-state index is 13.2. The number of benzene rings is 1. The molecule has 2 rings (SSSR count). The Labute approximate surface area is 121 Å². The van der Waals surface area contributed by atoms with E-state index in [2.05, 4.69) is 26.3 Å². The molecule has 8 heteroatoms. The molecule has 1 heterocycles. The number of anilines is 1. The Hall–Kier alpha value is -2.22. The van der Waals surface area contributed by atoms with Crippen molar-refractivity contribution >= 4 is 33.5 Å². The number of aromatic nitrogens is 2. The van der Waals surface area contributed by atoms with Gasteiger partial charge in [-0.2, -0.15) is 5.10 Å². The van der Waals surface area contributed by atoms with E-state index in [0.717, 1.165) is 6.07 Å². The highest BCUT2D eigenvalue weighted by atomic mass is 79.9. The molecule has 0 aliphatic carbocycles. The molecule has 2 N–H and O–H groups in total. The fourth-order valence-corrected chi connectivity index (χ4v) is 2.01. The van der Waals surface area contributed by atoms with Crippen molar-refractivity contribution in [2.45, 2.75) is 6.54 Å². The van der Waals surface area contributed by atoms with E-state index in [1.165, 1.54) is 29.2 Å². The number of hydrogen-bond donors (Lipinski definition) is 2.